The third kappa shape index (κ3) is 5.53. The minimum atomic E-state index is -0.661. The van der Waals surface area contributed by atoms with Gasteiger partial charge in [0.05, 0.1) is 7.11 Å². The van der Waals surface area contributed by atoms with Gasteiger partial charge in [-0.2, -0.15) is 0 Å². The molecule has 0 radical (unpaired) electrons. The SMILES string of the molecule is COc1ccc(NC(=O)C(NC(=O)Nc2ccccc2)C(C)C)cc1. The number of carbonyl (C=O) groups excluding carboxylic acids is 2. The molecule has 0 aliphatic heterocycles. The highest BCUT2D eigenvalue weighted by molar-refractivity contribution is 5.99. The van der Waals surface area contributed by atoms with Crippen LogP contribution in [0.2, 0.25) is 0 Å². The molecule has 3 amide bonds. The van der Waals surface area contributed by atoms with Crippen LogP contribution in [0.3, 0.4) is 0 Å². The summed E-state index contributed by atoms with van der Waals surface area (Å²) in [6.45, 7) is 3.75. The minimum absolute atomic E-state index is 0.0697. The topological polar surface area (TPSA) is 79.5 Å². The second kappa shape index (κ2) is 8.73. The van der Waals surface area contributed by atoms with Gasteiger partial charge in [-0.05, 0) is 42.3 Å². The highest BCUT2D eigenvalue weighted by Crippen LogP contribution is 2.16. The number of urea groups is 1. The highest BCUT2D eigenvalue weighted by atomic mass is 16.5. The Bertz CT molecular complexity index is 700. The van der Waals surface area contributed by atoms with E-state index in [-0.39, 0.29) is 11.8 Å². The number of hydrogen-bond donors (Lipinski definition) is 3. The van der Waals surface area contributed by atoms with E-state index in [0.717, 1.165) is 0 Å². The van der Waals surface area contributed by atoms with Crippen molar-refractivity contribution in [3.05, 3.63) is 54.6 Å². The molecule has 2 aromatic carbocycles. The molecule has 1 unspecified atom stereocenters. The summed E-state index contributed by atoms with van der Waals surface area (Å²) in [6, 6.07) is 15.0. The van der Waals surface area contributed by atoms with Crippen LogP contribution in [0.25, 0.3) is 0 Å². The number of nitrogens with one attached hydrogen (secondary N) is 3. The van der Waals surface area contributed by atoms with Crippen molar-refractivity contribution in [1.82, 2.24) is 5.32 Å². The van der Waals surface area contributed by atoms with Crippen LogP contribution in [0.5, 0.6) is 5.75 Å². The zero-order valence-corrected chi connectivity index (χ0v) is 14.6. The molecule has 0 aromatic heterocycles. The van der Waals surface area contributed by atoms with Gasteiger partial charge in [-0.25, -0.2) is 4.79 Å². The lowest BCUT2D eigenvalue weighted by atomic mass is 10.0. The maximum Gasteiger partial charge on any atom is 0.319 e. The summed E-state index contributed by atoms with van der Waals surface area (Å²) in [5, 5.41) is 8.24. The van der Waals surface area contributed by atoms with Gasteiger partial charge in [0.25, 0.3) is 0 Å². The number of anilines is 2. The normalized spacial score (nSPS) is 11.5. The van der Waals surface area contributed by atoms with Crippen LogP contribution in [0.4, 0.5) is 16.2 Å². The summed E-state index contributed by atoms with van der Waals surface area (Å²) >= 11 is 0. The zero-order chi connectivity index (χ0) is 18.2. The number of ether oxygens (including phenoxy) is 1. The summed E-state index contributed by atoms with van der Waals surface area (Å²) in [7, 11) is 1.58. The maximum atomic E-state index is 12.5. The third-order valence-electron chi connectivity index (χ3n) is 3.62. The van der Waals surface area contributed by atoms with Gasteiger partial charge in [-0.1, -0.05) is 32.0 Å². The van der Waals surface area contributed by atoms with Gasteiger partial charge >= 0.3 is 6.03 Å². The van der Waals surface area contributed by atoms with E-state index >= 15 is 0 Å². The molecule has 2 aromatic rings. The van der Waals surface area contributed by atoms with Crippen LogP contribution in [0, 0.1) is 5.92 Å². The van der Waals surface area contributed by atoms with E-state index in [4.69, 9.17) is 4.74 Å². The number of hydrogen-bond acceptors (Lipinski definition) is 3. The molecule has 132 valence electrons. The first kappa shape index (κ1) is 18.3. The number of rotatable bonds is 6. The van der Waals surface area contributed by atoms with E-state index in [1.165, 1.54) is 0 Å². The minimum Gasteiger partial charge on any atom is -0.497 e. The average molecular weight is 341 g/mol. The summed E-state index contributed by atoms with van der Waals surface area (Å²) in [6.07, 6.45) is 0. The molecule has 0 saturated heterocycles. The second-order valence-electron chi connectivity index (χ2n) is 5.90. The van der Waals surface area contributed by atoms with Crippen LogP contribution in [0.1, 0.15) is 13.8 Å². The lowest BCUT2D eigenvalue weighted by Crippen LogP contribution is -2.48. The average Bonchev–Trinajstić information content (AvgIpc) is 2.61. The van der Waals surface area contributed by atoms with Crippen LogP contribution in [-0.4, -0.2) is 25.1 Å². The predicted molar refractivity (Wildman–Crippen MR) is 98.8 cm³/mol. The number of para-hydroxylation sites is 1. The summed E-state index contributed by atoms with van der Waals surface area (Å²) in [5.41, 5.74) is 1.31. The molecule has 0 saturated carbocycles. The van der Waals surface area contributed by atoms with E-state index in [1.54, 1.807) is 43.5 Å². The Morgan fingerprint density at radius 3 is 2.04 bits per heavy atom. The molecule has 1 atom stereocenters. The molecule has 6 nitrogen and oxygen atoms in total. The Kier molecular flexibility index (Phi) is 6.39. The fourth-order valence-corrected chi connectivity index (χ4v) is 2.26. The molecule has 0 bridgehead atoms. The van der Waals surface area contributed by atoms with Crippen LogP contribution in [0.15, 0.2) is 54.6 Å². The molecular formula is C19H23N3O3. The van der Waals surface area contributed by atoms with E-state index in [1.807, 2.05) is 32.0 Å². The Morgan fingerprint density at radius 2 is 1.48 bits per heavy atom. The van der Waals surface area contributed by atoms with Crippen molar-refractivity contribution in [3.63, 3.8) is 0 Å². The largest absolute Gasteiger partial charge is 0.497 e. The third-order valence-corrected chi connectivity index (χ3v) is 3.62. The Balaban J connectivity index is 1.98. The molecule has 6 heteroatoms. The van der Waals surface area contributed by atoms with Gasteiger partial charge in [-0.15, -0.1) is 0 Å². The highest BCUT2D eigenvalue weighted by Gasteiger charge is 2.24. The van der Waals surface area contributed by atoms with Crippen molar-refractivity contribution in [2.45, 2.75) is 19.9 Å². The molecule has 0 spiro atoms. The first-order valence-corrected chi connectivity index (χ1v) is 8.07. The molecule has 0 heterocycles. The number of benzene rings is 2. The fourth-order valence-electron chi connectivity index (χ4n) is 2.26. The monoisotopic (exact) mass is 341 g/mol. The van der Waals surface area contributed by atoms with Crippen LogP contribution >= 0.6 is 0 Å². The summed E-state index contributed by atoms with van der Waals surface area (Å²) in [5.74, 6) is 0.363. The zero-order valence-electron chi connectivity index (χ0n) is 14.6. The van der Waals surface area contributed by atoms with E-state index in [2.05, 4.69) is 16.0 Å². The van der Waals surface area contributed by atoms with Gasteiger partial charge in [0, 0.05) is 11.4 Å². The van der Waals surface area contributed by atoms with Crippen LogP contribution < -0.4 is 20.7 Å². The van der Waals surface area contributed by atoms with Gasteiger partial charge in [0.15, 0.2) is 0 Å². The van der Waals surface area contributed by atoms with Gasteiger partial charge in [0.2, 0.25) is 5.91 Å². The molecule has 0 aliphatic rings. The fraction of sp³-hybridized carbons (Fsp3) is 0.263. The lowest BCUT2D eigenvalue weighted by Gasteiger charge is -2.22. The number of methoxy groups -OCH3 is 1. The standard InChI is InChI=1S/C19H23N3O3/c1-13(2)17(22-19(24)21-14-7-5-4-6-8-14)18(23)20-15-9-11-16(25-3)12-10-15/h4-13,17H,1-3H3,(H,20,23)(H2,21,22,24). The maximum absolute atomic E-state index is 12.5. The van der Waals surface area contributed by atoms with Gasteiger partial charge in [0.1, 0.15) is 11.8 Å². The Morgan fingerprint density at radius 1 is 0.880 bits per heavy atom. The lowest BCUT2D eigenvalue weighted by molar-refractivity contribution is -0.118. The first-order valence-electron chi connectivity index (χ1n) is 8.07. The van der Waals surface area contributed by atoms with Crippen LogP contribution in [-0.2, 0) is 4.79 Å². The number of carbonyl (C=O) groups is 2. The second-order valence-corrected chi connectivity index (χ2v) is 5.90. The van der Waals surface area contributed by atoms with E-state index in [9.17, 15) is 9.59 Å². The van der Waals surface area contributed by atoms with Crippen molar-refractivity contribution in [3.8, 4) is 5.75 Å². The molecule has 0 fully saturated rings. The van der Waals surface area contributed by atoms with E-state index < -0.39 is 12.1 Å². The molecular weight excluding hydrogens is 318 g/mol. The molecule has 25 heavy (non-hydrogen) atoms. The van der Waals surface area contributed by atoms with Crippen molar-refractivity contribution in [2.24, 2.45) is 5.92 Å². The molecule has 0 aliphatic carbocycles. The predicted octanol–water partition coefficient (Wildman–Crippen LogP) is 3.48. The molecule has 2 rings (SSSR count). The number of amides is 3. The Labute approximate surface area is 147 Å². The Hall–Kier alpha value is -3.02. The first-order chi connectivity index (χ1) is 12.0. The molecule has 3 N–H and O–H groups in total. The van der Waals surface area contributed by atoms with Crippen molar-refractivity contribution < 1.29 is 14.3 Å². The van der Waals surface area contributed by atoms with Gasteiger partial charge < -0.3 is 20.7 Å². The van der Waals surface area contributed by atoms with Crippen molar-refractivity contribution >= 4 is 23.3 Å². The van der Waals surface area contributed by atoms with Gasteiger partial charge in [-0.3, -0.25) is 4.79 Å². The smallest absolute Gasteiger partial charge is 0.319 e. The van der Waals surface area contributed by atoms with E-state index in [0.29, 0.717) is 17.1 Å². The van der Waals surface area contributed by atoms with Crippen molar-refractivity contribution in [1.29, 1.82) is 0 Å². The summed E-state index contributed by atoms with van der Waals surface area (Å²) in [4.78, 5) is 24.7. The van der Waals surface area contributed by atoms with Crippen molar-refractivity contribution in [2.75, 3.05) is 17.7 Å². The quantitative estimate of drug-likeness (QED) is 0.752. The summed E-state index contributed by atoms with van der Waals surface area (Å²) < 4.78 is 5.09.